The molecule has 0 aliphatic heterocycles. The van der Waals surface area contributed by atoms with Gasteiger partial charge >= 0.3 is 0 Å². The predicted octanol–water partition coefficient (Wildman–Crippen LogP) is 0.677. The third kappa shape index (κ3) is 8.22. The van der Waals surface area contributed by atoms with Gasteiger partial charge in [0.05, 0.1) is 25.5 Å². The molecule has 0 fully saturated rings. The van der Waals surface area contributed by atoms with E-state index in [-0.39, 0.29) is 36.0 Å². The summed E-state index contributed by atoms with van der Waals surface area (Å²) < 4.78 is 38.8. The van der Waals surface area contributed by atoms with Gasteiger partial charge < -0.3 is 25.3 Å². The van der Waals surface area contributed by atoms with Crippen molar-refractivity contribution in [3.8, 4) is 11.5 Å². The number of ether oxygens (including phenoxy) is 3. The fourth-order valence-corrected chi connectivity index (χ4v) is 3.72. The van der Waals surface area contributed by atoms with Crippen molar-refractivity contribution in [2.45, 2.75) is 30.7 Å². The van der Waals surface area contributed by atoms with E-state index >= 15 is 0 Å². The lowest BCUT2D eigenvalue weighted by Crippen LogP contribution is -2.40. The number of nitrogens with one attached hydrogen (secondary N) is 2. The van der Waals surface area contributed by atoms with Gasteiger partial charge in [-0.3, -0.25) is 14.9 Å². The first kappa shape index (κ1) is 28.6. The Balaban J connectivity index is 2.15. The first-order valence-electron chi connectivity index (χ1n) is 10.8. The van der Waals surface area contributed by atoms with Gasteiger partial charge in [0.2, 0.25) is 21.8 Å². The fourth-order valence-electron chi connectivity index (χ4n) is 3.18. The number of aryl methyl sites for hydroxylation is 1. The highest BCUT2D eigenvalue weighted by atomic mass is 32.2. The Kier molecular flexibility index (Phi) is 10.2. The second kappa shape index (κ2) is 12.9. The third-order valence-corrected chi connectivity index (χ3v) is 5.98. The zero-order valence-corrected chi connectivity index (χ0v) is 21.3. The molecule has 13 heteroatoms. The van der Waals surface area contributed by atoms with Crippen LogP contribution in [0.2, 0.25) is 0 Å². The number of benzene rings is 2. The van der Waals surface area contributed by atoms with Gasteiger partial charge in [-0.15, -0.1) is 0 Å². The van der Waals surface area contributed by atoms with E-state index in [2.05, 4.69) is 15.6 Å². The summed E-state index contributed by atoms with van der Waals surface area (Å²) in [5, 5.41) is 10.3. The summed E-state index contributed by atoms with van der Waals surface area (Å²) >= 11 is 0. The molecule has 0 aliphatic carbocycles. The number of guanidine groups is 1. The molecule has 0 aromatic heterocycles. The van der Waals surface area contributed by atoms with Crippen LogP contribution in [-0.4, -0.2) is 60.2 Å². The lowest BCUT2D eigenvalue weighted by Gasteiger charge is -2.16. The zero-order chi connectivity index (χ0) is 26.9. The van der Waals surface area contributed by atoms with Crippen LogP contribution in [0.3, 0.4) is 0 Å². The Hall–Kier alpha value is -3.68. The van der Waals surface area contributed by atoms with Gasteiger partial charge in [-0.25, -0.2) is 18.5 Å². The van der Waals surface area contributed by atoms with Crippen molar-refractivity contribution in [1.29, 1.82) is 0 Å². The van der Waals surface area contributed by atoms with Gasteiger partial charge in [-0.05, 0) is 42.3 Å². The second-order valence-electron chi connectivity index (χ2n) is 7.74. The molecule has 0 radical (unpaired) electrons. The number of carbonyl (C=O) groups is 2. The molecule has 0 unspecified atom stereocenters. The Morgan fingerprint density at radius 2 is 1.75 bits per heavy atom. The predicted molar refractivity (Wildman–Crippen MR) is 134 cm³/mol. The summed E-state index contributed by atoms with van der Waals surface area (Å²) in [6, 6.07) is 8.15. The molecule has 36 heavy (non-hydrogen) atoms. The van der Waals surface area contributed by atoms with Crippen molar-refractivity contribution in [2.24, 2.45) is 15.9 Å². The maximum Gasteiger partial charge on any atom is 0.249 e. The van der Waals surface area contributed by atoms with Crippen LogP contribution in [-0.2, 0) is 30.8 Å². The molecule has 0 aliphatic rings. The molecular formula is C23H31N5O7S. The first-order valence-corrected chi connectivity index (χ1v) is 12.3. The molecule has 12 nitrogen and oxygen atoms in total. The number of nitrogens with zero attached hydrogens (tertiary/aromatic N) is 1. The molecular weight excluding hydrogens is 490 g/mol. The molecule has 196 valence electrons. The number of anilines is 1. The van der Waals surface area contributed by atoms with E-state index in [1.807, 2.05) is 0 Å². The van der Waals surface area contributed by atoms with Crippen LogP contribution in [0, 0.1) is 6.92 Å². The highest BCUT2D eigenvalue weighted by Gasteiger charge is 2.20. The summed E-state index contributed by atoms with van der Waals surface area (Å²) in [7, 11) is 0.505. The molecule has 2 rings (SSSR count). The van der Waals surface area contributed by atoms with E-state index in [0.29, 0.717) is 22.6 Å². The van der Waals surface area contributed by atoms with Crippen LogP contribution < -0.4 is 31.0 Å². The molecule has 1 atom stereocenters. The molecule has 0 saturated carbocycles. The van der Waals surface area contributed by atoms with Crippen LogP contribution >= 0.6 is 0 Å². The van der Waals surface area contributed by atoms with Crippen molar-refractivity contribution in [3.05, 3.63) is 47.5 Å². The molecule has 2 aromatic rings. The maximum absolute atomic E-state index is 12.9. The van der Waals surface area contributed by atoms with E-state index in [1.165, 1.54) is 39.5 Å². The number of carbonyl (C=O) groups excluding carboxylic acids is 2. The normalized spacial score (nSPS) is 12.5. The van der Waals surface area contributed by atoms with Crippen molar-refractivity contribution in [1.82, 2.24) is 5.32 Å². The van der Waals surface area contributed by atoms with E-state index in [1.54, 1.807) is 25.1 Å². The molecule has 0 spiro atoms. The highest BCUT2D eigenvalue weighted by molar-refractivity contribution is 7.89. The first-order chi connectivity index (χ1) is 17.0. The number of hydrogen-bond donors (Lipinski definition) is 4. The topological polar surface area (TPSA) is 184 Å². The number of rotatable bonds is 11. The summed E-state index contributed by atoms with van der Waals surface area (Å²) in [5.74, 6) is -0.279. The number of primary sulfonamides is 1. The minimum absolute atomic E-state index is 0.0228. The largest absolute Gasteiger partial charge is 0.493 e. The van der Waals surface area contributed by atoms with E-state index in [4.69, 9.17) is 25.1 Å². The average Bonchev–Trinajstić information content (AvgIpc) is 2.81. The number of hydrogen-bond acceptors (Lipinski definition) is 8. The number of amides is 2. The van der Waals surface area contributed by atoms with E-state index < -0.39 is 27.9 Å². The molecule has 0 saturated heterocycles. The van der Waals surface area contributed by atoms with Crippen molar-refractivity contribution in [2.75, 3.05) is 33.3 Å². The van der Waals surface area contributed by atoms with Gasteiger partial charge in [0.1, 0.15) is 6.04 Å². The summed E-state index contributed by atoms with van der Waals surface area (Å²) in [4.78, 5) is 29.4. The monoisotopic (exact) mass is 521 g/mol. The molecule has 2 amide bonds. The number of aliphatic imine (C=N–C) groups is 1. The lowest BCUT2D eigenvalue weighted by atomic mass is 10.1. The Bertz CT molecular complexity index is 1230. The standard InChI is InChI=1S/C23H31N5O7S/c1-14-5-7-16(36(25,31)32)13-18(14)26-22(30)17(9-10-33-2)27-23(24)28-21(29)12-15-6-8-19(34-3)20(11-15)35-4/h5-8,11,13,17H,9-10,12H2,1-4H3,(H,26,30)(H2,25,31,32)(H3,24,27,28,29)/t17-/m1/s1. The third-order valence-electron chi connectivity index (χ3n) is 5.07. The fraction of sp³-hybridized carbons (Fsp3) is 0.348. The number of sulfonamides is 1. The Morgan fingerprint density at radius 3 is 2.36 bits per heavy atom. The maximum atomic E-state index is 12.9. The van der Waals surface area contributed by atoms with Crippen molar-refractivity contribution >= 4 is 33.5 Å². The van der Waals surface area contributed by atoms with Gasteiger partial charge in [0.25, 0.3) is 0 Å². The molecule has 2 aromatic carbocycles. The number of nitrogens with two attached hydrogens (primary N) is 2. The number of methoxy groups -OCH3 is 3. The minimum atomic E-state index is -3.96. The summed E-state index contributed by atoms with van der Waals surface area (Å²) in [5.41, 5.74) is 7.41. The molecule has 0 bridgehead atoms. The highest BCUT2D eigenvalue weighted by Crippen LogP contribution is 2.27. The molecule has 6 N–H and O–H groups in total. The van der Waals surface area contributed by atoms with Gasteiger partial charge in [0, 0.05) is 25.8 Å². The van der Waals surface area contributed by atoms with E-state index in [0.717, 1.165) is 0 Å². The summed E-state index contributed by atoms with van der Waals surface area (Å²) in [6.07, 6.45) is 0.133. The van der Waals surface area contributed by atoms with Crippen molar-refractivity contribution in [3.63, 3.8) is 0 Å². The van der Waals surface area contributed by atoms with Gasteiger partial charge in [-0.1, -0.05) is 12.1 Å². The quantitative estimate of drug-likeness (QED) is 0.246. The van der Waals surface area contributed by atoms with Crippen LogP contribution in [0.4, 0.5) is 5.69 Å². The van der Waals surface area contributed by atoms with Crippen LogP contribution in [0.25, 0.3) is 0 Å². The van der Waals surface area contributed by atoms with Crippen molar-refractivity contribution < 1.29 is 32.2 Å². The average molecular weight is 522 g/mol. The van der Waals surface area contributed by atoms with Gasteiger partial charge in [-0.2, -0.15) is 0 Å². The second-order valence-corrected chi connectivity index (χ2v) is 9.30. The smallest absolute Gasteiger partial charge is 0.249 e. The minimum Gasteiger partial charge on any atom is -0.493 e. The summed E-state index contributed by atoms with van der Waals surface area (Å²) in [6.45, 7) is 1.88. The van der Waals surface area contributed by atoms with Crippen LogP contribution in [0.1, 0.15) is 17.5 Å². The molecule has 0 heterocycles. The lowest BCUT2D eigenvalue weighted by molar-refractivity contribution is -0.119. The van der Waals surface area contributed by atoms with Crippen LogP contribution in [0.15, 0.2) is 46.3 Å². The zero-order valence-electron chi connectivity index (χ0n) is 20.5. The Morgan fingerprint density at radius 1 is 1.06 bits per heavy atom. The SMILES string of the molecule is COCC[C@@H](N=C(N)NC(=O)Cc1ccc(OC)c(OC)c1)C(=O)Nc1cc(S(N)(=O)=O)ccc1C. The van der Waals surface area contributed by atoms with Crippen LogP contribution in [0.5, 0.6) is 11.5 Å². The Labute approximate surface area is 210 Å². The van der Waals surface area contributed by atoms with E-state index in [9.17, 15) is 18.0 Å². The van der Waals surface area contributed by atoms with Gasteiger partial charge in [0.15, 0.2) is 17.5 Å².